The van der Waals surface area contributed by atoms with Crippen LogP contribution >= 0.6 is 0 Å². The Hall–Kier alpha value is -1.98. The van der Waals surface area contributed by atoms with Crippen LogP contribution in [0, 0.1) is 5.82 Å². The molecule has 6 heteroatoms. The molecule has 1 unspecified atom stereocenters. The Morgan fingerprint density at radius 3 is 2.39 bits per heavy atom. The summed E-state index contributed by atoms with van der Waals surface area (Å²) in [7, 11) is 0. The van der Waals surface area contributed by atoms with Gasteiger partial charge in [0.1, 0.15) is 12.5 Å². The molecule has 0 spiro atoms. The van der Waals surface area contributed by atoms with Gasteiger partial charge in [-0.25, -0.2) is 13.6 Å². The lowest BCUT2D eigenvalue weighted by Crippen LogP contribution is -2.42. The monoisotopic (exact) mass is 257 g/mol. The maximum Gasteiger partial charge on any atom is 0.328 e. The summed E-state index contributed by atoms with van der Waals surface area (Å²) in [5.74, 6) is -2.33. The SMILES string of the molecule is O=C(CCc1ccc(F)cc1)NC(CF)C(=O)O. The van der Waals surface area contributed by atoms with Crippen molar-refractivity contribution in [2.45, 2.75) is 18.9 Å². The third-order valence-electron chi connectivity index (χ3n) is 2.34. The average Bonchev–Trinajstić information content (AvgIpc) is 2.35. The third kappa shape index (κ3) is 4.48. The Balaban J connectivity index is 2.41. The second-order valence-corrected chi connectivity index (χ2v) is 3.74. The van der Waals surface area contributed by atoms with Crippen molar-refractivity contribution in [3.8, 4) is 0 Å². The predicted octanol–water partition coefficient (Wildman–Crippen LogP) is 1.30. The fourth-order valence-electron chi connectivity index (χ4n) is 1.34. The number of benzene rings is 1. The zero-order chi connectivity index (χ0) is 13.5. The fourth-order valence-corrected chi connectivity index (χ4v) is 1.34. The van der Waals surface area contributed by atoms with Gasteiger partial charge in [0.05, 0.1) is 0 Å². The van der Waals surface area contributed by atoms with E-state index < -0.39 is 24.6 Å². The van der Waals surface area contributed by atoms with E-state index in [1.807, 2.05) is 0 Å². The smallest absolute Gasteiger partial charge is 0.328 e. The minimum Gasteiger partial charge on any atom is -0.480 e. The first-order valence-electron chi connectivity index (χ1n) is 5.35. The number of alkyl halides is 1. The van der Waals surface area contributed by atoms with Gasteiger partial charge in [0.15, 0.2) is 6.04 Å². The number of carbonyl (C=O) groups excluding carboxylic acids is 1. The number of amides is 1. The van der Waals surface area contributed by atoms with Gasteiger partial charge in [0.2, 0.25) is 5.91 Å². The number of carboxylic acid groups (broad SMARTS) is 1. The van der Waals surface area contributed by atoms with Gasteiger partial charge in [0.25, 0.3) is 0 Å². The van der Waals surface area contributed by atoms with Crippen molar-refractivity contribution in [1.29, 1.82) is 0 Å². The number of carbonyl (C=O) groups is 2. The standard InChI is InChI=1S/C12H13F2NO3/c13-7-10(12(17)18)15-11(16)6-3-8-1-4-9(14)5-2-8/h1-2,4-5,10H,3,6-7H2,(H,15,16)(H,17,18). The highest BCUT2D eigenvalue weighted by Crippen LogP contribution is 2.05. The first kappa shape index (κ1) is 14.1. The van der Waals surface area contributed by atoms with Crippen LogP contribution in [0.3, 0.4) is 0 Å². The lowest BCUT2D eigenvalue weighted by molar-refractivity contribution is -0.142. The second-order valence-electron chi connectivity index (χ2n) is 3.74. The summed E-state index contributed by atoms with van der Waals surface area (Å²) in [6, 6.07) is 4.11. The fraction of sp³-hybridized carbons (Fsp3) is 0.333. The Morgan fingerprint density at radius 1 is 1.28 bits per heavy atom. The minimum atomic E-state index is -1.51. The number of hydrogen-bond donors (Lipinski definition) is 2. The molecule has 2 N–H and O–H groups in total. The molecule has 1 aromatic carbocycles. The van der Waals surface area contributed by atoms with Crippen molar-refractivity contribution >= 4 is 11.9 Å². The van der Waals surface area contributed by atoms with Crippen molar-refractivity contribution in [3.05, 3.63) is 35.6 Å². The van der Waals surface area contributed by atoms with Gasteiger partial charge in [-0.05, 0) is 24.1 Å². The molecule has 0 aliphatic heterocycles. The molecule has 98 valence electrons. The molecule has 0 radical (unpaired) electrons. The van der Waals surface area contributed by atoms with Crippen molar-refractivity contribution < 1.29 is 23.5 Å². The lowest BCUT2D eigenvalue weighted by atomic mass is 10.1. The molecule has 0 aromatic heterocycles. The lowest BCUT2D eigenvalue weighted by Gasteiger charge is -2.10. The molecule has 0 heterocycles. The molecular weight excluding hydrogens is 244 g/mol. The number of aliphatic carboxylic acids is 1. The van der Waals surface area contributed by atoms with Crippen molar-refractivity contribution in [2.24, 2.45) is 0 Å². The van der Waals surface area contributed by atoms with E-state index in [1.54, 1.807) is 0 Å². The topological polar surface area (TPSA) is 66.4 Å². The highest BCUT2D eigenvalue weighted by atomic mass is 19.1. The quantitative estimate of drug-likeness (QED) is 0.807. The molecule has 0 aliphatic carbocycles. The van der Waals surface area contributed by atoms with Crippen molar-refractivity contribution in [1.82, 2.24) is 5.32 Å². The number of halogens is 2. The van der Waals surface area contributed by atoms with Crippen LogP contribution in [0.2, 0.25) is 0 Å². The van der Waals surface area contributed by atoms with Gasteiger partial charge in [-0.1, -0.05) is 12.1 Å². The first-order chi connectivity index (χ1) is 8.52. The largest absolute Gasteiger partial charge is 0.480 e. The molecule has 1 atom stereocenters. The second kappa shape index (κ2) is 6.68. The summed E-state index contributed by atoms with van der Waals surface area (Å²) in [5.41, 5.74) is 0.749. The van der Waals surface area contributed by atoms with Crippen LogP contribution < -0.4 is 5.32 Å². The van der Waals surface area contributed by atoms with E-state index in [2.05, 4.69) is 5.32 Å². The molecule has 1 aromatic rings. The van der Waals surface area contributed by atoms with E-state index in [0.29, 0.717) is 6.42 Å². The van der Waals surface area contributed by atoms with E-state index in [0.717, 1.165) is 5.56 Å². The maximum absolute atomic E-state index is 12.6. The van der Waals surface area contributed by atoms with Crippen LogP contribution in [0.15, 0.2) is 24.3 Å². The number of rotatable bonds is 6. The molecule has 1 amide bonds. The average molecular weight is 257 g/mol. The molecule has 0 saturated carbocycles. The van der Waals surface area contributed by atoms with E-state index in [1.165, 1.54) is 24.3 Å². The minimum absolute atomic E-state index is 0.0232. The Bertz CT molecular complexity index is 420. The van der Waals surface area contributed by atoms with Crippen LogP contribution in [0.1, 0.15) is 12.0 Å². The Morgan fingerprint density at radius 2 is 1.89 bits per heavy atom. The molecule has 0 saturated heterocycles. The van der Waals surface area contributed by atoms with E-state index in [9.17, 15) is 18.4 Å². The molecule has 1 rings (SSSR count). The summed E-state index contributed by atoms with van der Waals surface area (Å²) in [5, 5.41) is 10.6. The summed E-state index contributed by atoms with van der Waals surface area (Å²) in [6.07, 6.45) is 0.361. The molecule has 0 bridgehead atoms. The van der Waals surface area contributed by atoms with Crippen LogP contribution in [-0.4, -0.2) is 29.7 Å². The molecule has 0 fully saturated rings. The zero-order valence-corrected chi connectivity index (χ0v) is 9.53. The van der Waals surface area contributed by atoms with Gasteiger partial charge < -0.3 is 10.4 Å². The van der Waals surface area contributed by atoms with E-state index >= 15 is 0 Å². The van der Waals surface area contributed by atoms with Crippen LogP contribution in [-0.2, 0) is 16.0 Å². The first-order valence-corrected chi connectivity index (χ1v) is 5.35. The van der Waals surface area contributed by atoms with Gasteiger partial charge in [-0.15, -0.1) is 0 Å². The van der Waals surface area contributed by atoms with E-state index in [-0.39, 0.29) is 12.2 Å². The molecular formula is C12H13F2NO3. The molecule has 0 aliphatic rings. The van der Waals surface area contributed by atoms with Gasteiger partial charge in [0, 0.05) is 6.42 Å². The molecule has 18 heavy (non-hydrogen) atoms. The van der Waals surface area contributed by atoms with E-state index in [4.69, 9.17) is 5.11 Å². The summed E-state index contributed by atoms with van der Waals surface area (Å²) < 4.78 is 24.8. The van der Waals surface area contributed by atoms with Gasteiger partial charge in [-0.3, -0.25) is 4.79 Å². The summed E-state index contributed by atoms with van der Waals surface area (Å²) in [4.78, 5) is 21.8. The number of nitrogens with one attached hydrogen (secondary N) is 1. The highest BCUT2D eigenvalue weighted by Gasteiger charge is 2.19. The van der Waals surface area contributed by atoms with Gasteiger partial charge in [-0.2, -0.15) is 0 Å². The zero-order valence-electron chi connectivity index (χ0n) is 9.53. The van der Waals surface area contributed by atoms with Crippen LogP contribution in [0.4, 0.5) is 8.78 Å². The summed E-state index contributed by atoms with van der Waals surface area (Å²) >= 11 is 0. The number of aryl methyl sites for hydroxylation is 1. The van der Waals surface area contributed by atoms with Crippen LogP contribution in [0.5, 0.6) is 0 Å². The highest BCUT2D eigenvalue weighted by molar-refractivity contribution is 5.83. The van der Waals surface area contributed by atoms with Crippen LogP contribution in [0.25, 0.3) is 0 Å². The normalized spacial score (nSPS) is 11.9. The van der Waals surface area contributed by atoms with Crippen molar-refractivity contribution in [3.63, 3.8) is 0 Å². The number of hydrogen-bond acceptors (Lipinski definition) is 2. The summed E-state index contributed by atoms with van der Waals surface area (Å²) in [6.45, 7) is -1.16. The van der Waals surface area contributed by atoms with Gasteiger partial charge >= 0.3 is 5.97 Å². The molecule has 4 nitrogen and oxygen atoms in total. The van der Waals surface area contributed by atoms with Crippen molar-refractivity contribution in [2.75, 3.05) is 6.67 Å². The number of carboxylic acids is 1. The maximum atomic E-state index is 12.6. The third-order valence-corrected chi connectivity index (χ3v) is 2.34. The Kier molecular flexibility index (Phi) is 5.23. The predicted molar refractivity (Wildman–Crippen MR) is 60.3 cm³/mol. The Labute approximate surface area is 103 Å².